The highest BCUT2D eigenvalue weighted by Gasteiger charge is 2.31. The summed E-state index contributed by atoms with van der Waals surface area (Å²) in [5.41, 5.74) is 0.0884. The number of alkyl halides is 3. The van der Waals surface area contributed by atoms with Gasteiger partial charge in [-0.1, -0.05) is 16.8 Å². The van der Waals surface area contributed by atoms with Gasteiger partial charge in [-0.3, -0.25) is 0 Å². The van der Waals surface area contributed by atoms with Gasteiger partial charge in [-0.15, -0.1) is 0 Å². The maximum atomic E-state index is 12.7. The normalized spacial score (nSPS) is 11.0. The average Bonchev–Trinajstić information content (AvgIpc) is 2.63. The standard InChI is InChI=1S/C19H16ClF3INO4/c1-11(2)25-28-8-7-27-18(26)14-10-13(4-5-16(14)24)29-17-6-3-12(9-15(17)20)19(21,22)23/h3-6,9-10H,7-8H2,1-2H3. The Morgan fingerprint density at radius 2 is 1.86 bits per heavy atom. The molecule has 2 rings (SSSR count). The summed E-state index contributed by atoms with van der Waals surface area (Å²) in [7, 11) is 0. The number of nitrogens with zero attached hydrogens (tertiary/aromatic N) is 1. The van der Waals surface area contributed by atoms with Crippen LogP contribution in [0, 0.1) is 3.57 Å². The third kappa shape index (κ3) is 7.07. The van der Waals surface area contributed by atoms with E-state index in [1.807, 2.05) is 22.6 Å². The molecule has 0 bridgehead atoms. The Balaban J connectivity index is 2.08. The van der Waals surface area contributed by atoms with E-state index in [4.69, 9.17) is 25.9 Å². The Bertz CT molecular complexity index is 915. The van der Waals surface area contributed by atoms with Crippen molar-refractivity contribution in [3.05, 3.63) is 56.1 Å². The van der Waals surface area contributed by atoms with Crippen LogP contribution in [-0.2, 0) is 15.8 Å². The highest BCUT2D eigenvalue weighted by Crippen LogP contribution is 2.36. The number of carbonyl (C=O) groups excluding carboxylic acids is 1. The molecule has 0 aliphatic rings. The van der Waals surface area contributed by atoms with Gasteiger partial charge in [0.05, 0.1) is 21.9 Å². The number of benzene rings is 2. The second kappa shape index (κ2) is 10.1. The van der Waals surface area contributed by atoms with Gasteiger partial charge < -0.3 is 14.3 Å². The molecule has 2 aromatic carbocycles. The topological polar surface area (TPSA) is 57.1 Å². The van der Waals surface area contributed by atoms with Crippen molar-refractivity contribution >= 4 is 45.9 Å². The van der Waals surface area contributed by atoms with Crippen LogP contribution >= 0.6 is 34.2 Å². The predicted molar refractivity (Wildman–Crippen MR) is 111 cm³/mol. The van der Waals surface area contributed by atoms with Crippen LogP contribution in [-0.4, -0.2) is 24.9 Å². The minimum absolute atomic E-state index is 0.00150. The van der Waals surface area contributed by atoms with E-state index < -0.39 is 17.7 Å². The van der Waals surface area contributed by atoms with Crippen molar-refractivity contribution in [3.8, 4) is 11.5 Å². The fourth-order valence-corrected chi connectivity index (χ4v) is 2.81. The average molecular weight is 542 g/mol. The molecule has 0 fully saturated rings. The zero-order valence-corrected chi connectivity index (χ0v) is 18.3. The van der Waals surface area contributed by atoms with Gasteiger partial charge in [-0.05, 0) is 72.8 Å². The lowest BCUT2D eigenvalue weighted by molar-refractivity contribution is -0.137. The summed E-state index contributed by atoms with van der Waals surface area (Å²) in [5.74, 6) is -0.345. The van der Waals surface area contributed by atoms with Crippen molar-refractivity contribution in [2.75, 3.05) is 13.2 Å². The molecule has 0 saturated carbocycles. The number of halogens is 5. The van der Waals surface area contributed by atoms with Gasteiger partial charge >= 0.3 is 12.1 Å². The van der Waals surface area contributed by atoms with E-state index in [2.05, 4.69) is 5.16 Å². The molecule has 2 aromatic rings. The first-order chi connectivity index (χ1) is 13.6. The molecule has 0 atom stereocenters. The van der Waals surface area contributed by atoms with Crippen LogP contribution in [0.3, 0.4) is 0 Å². The van der Waals surface area contributed by atoms with Gasteiger partial charge in [-0.2, -0.15) is 13.2 Å². The molecule has 0 aliphatic carbocycles. The molecule has 0 aromatic heterocycles. The van der Waals surface area contributed by atoms with Crippen LogP contribution in [0.4, 0.5) is 13.2 Å². The number of rotatable bonds is 7. The summed E-state index contributed by atoms with van der Waals surface area (Å²) in [6, 6.07) is 7.37. The van der Waals surface area contributed by atoms with Crippen LogP contribution in [0.2, 0.25) is 5.02 Å². The summed E-state index contributed by atoms with van der Waals surface area (Å²) in [5, 5.41) is 3.52. The molecule has 0 radical (unpaired) electrons. The Kier molecular flexibility index (Phi) is 8.14. The SMILES string of the molecule is CC(C)=NOCCOC(=O)c1cc(Oc2ccc(C(F)(F)F)cc2Cl)ccc1I. The van der Waals surface area contributed by atoms with E-state index >= 15 is 0 Å². The van der Waals surface area contributed by atoms with Crippen molar-refractivity contribution < 1.29 is 32.3 Å². The molecular weight excluding hydrogens is 526 g/mol. The molecule has 0 unspecified atom stereocenters. The molecular formula is C19H16ClF3INO4. The molecule has 0 saturated heterocycles. The number of esters is 1. The number of oxime groups is 1. The summed E-state index contributed by atoms with van der Waals surface area (Å²) in [6.07, 6.45) is -4.51. The molecule has 0 spiro atoms. The van der Waals surface area contributed by atoms with Gasteiger partial charge in [0.1, 0.15) is 18.1 Å². The first kappa shape index (κ1) is 23.3. The van der Waals surface area contributed by atoms with Gasteiger partial charge in [-0.25, -0.2) is 4.79 Å². The first-order valence-electron chi connectivity index (χ1n) is 8.22. The van der Waals surface area contributed by atoms with Crippen molar-refractivity contribution in [3.63, 3.8) is 0 Å². The zero-order chi connectivity index (χ0) is 21.6. The second-order valence-electron chi connectivity index (χ2n) is 5.89. The maximum Gasteiger partial charge on any atom is 0.416 e. The number of hydrogen-bond donors (Lipinski definition) is 0. The van der Waals surface area contributed by atoms with Crippen LogP contribution < -0.4 is 4.74 Å². The van der Waals surface area contributed by atoms with E-state index in [1.54, 1.807) is 26.0 Å². The number of carbonyl (C=O) groups is 1. The molecule has 0 aliphatic heterocycles. The van der Waals surface area contributed by atoms with Gasteiger partial charge in [0.15, 0.2) is 6.61 Å². The monoisotopic (exact) mass is 541 g/mol. The van der Waals surface area contributed by atoms with Crippen LogP contribution in [0.5, 0.6) is 11.5 Å². The summed E-state index contributed by atoms with van der Waals surface area (Å²) >= 11 is 7.86. The third-order valence-corrected chi connectivity index (χ3v) is 4.54. The lowest BCUT2D eigenvalue weighted by Gasteiger charge is -2.12. The maximum absolute atomic E-state index is 12.7. The van der Waals surface area contributed by atoms with Gasteiger partial charge in [0, 0.05) is 3.57 Å². The zero-order valence-electron chi connectivity index (χ0n) is 15.3. The summed E-state index contributed by atoms with van der Waals surface area (Å²) in [6.45, 7) is 3.64. The van der Waals surface area contributed by atoms with Crippen molar-refractivity contribution in [2.24, 2.45) is 5.16 Å². The predicted octanol–water partition coefficient (Wildman–Crippen LogP) is 6.32. The van der Waals surface area contributed by atoms with Crippen LogP contribution in [0.1, 0.15) is 29.8 Å². The Labute approximate surface area is 183 Å². The molecule has 156 valence electrons. The molecule has 0 amide bonds. The van der Waals surface area contributed by atoms with E-state index in [0.29, 0.717) is 3.57 Å². The first-order valence-corrected chi connectivity index (χ1v) is 9.68. The highest BCUT2D eigenvalue weighted by molar-refractivity contribution is 14.1. The Hall–Kier alpha value is -2.01. The fourth-order valence-electron chi connectivity index (χ4n) is 2.04. The largest absolute Gasteiger partial charge is 0.458 e. The summed E-state index contributed by atoms with van der Waals surface area (Å²) < 4.78 is 49.5. The lowest BCUT2D eigenvalue weighted by Crippen LogP contribution is -2.11. The molecule has 10 heteroatoms. The molecule has 0 N–H and O–H groups in total. The van der Waals surface area contributed by atoms with Gasteiger partial charge in [0.25, 0.3) is 0 Å². The Morgan fingerprint density at radius 1 is 1.14 bits per heavy atom. The number of ether oxygens (including phenoxy) is 2. The van der Waals surface area contributed by atoms with E-state index in [9.17, 15) is 18.0 Å². The molecule has 29 heavy (non-hydrogen) atoms. The quantitative estimate of drug-likeness (QED) is 0.135. The number of hydrogen-bond acceptors (Lipinski definition) is 5. The lowest BCUT2D eigenvalue weighted by atomic mass is 10.2. The minimum atomic E-state index is -4.51. The van der Waals surface area contributed by atoms with Crippen molar-refractivity contribution in [1.82, 2.24) is 0 Å². The van der Waals surface area contributed by atoms with Crippen LogP contribution in [0.15, 0.2) is 41.6 Å². The van der Waals surface area contributed by atoms with Crippen LogP contribution in [0.25, 0.3) is 0 Å². The smallest absolute Gasteiger partial charge is 0.416 e. The van der Waals surface area contributed by atoms with E-state index in [-0.39, 0.29) is 35.3 Å². The molecule has 5 nitrogen and oxygen atoms in total. The highest BCUT2D eigenvalue weighted by atomic mass is 127. The van der Waals surface area contributed by atoms with Crippen molar-refractivity contribution in [2.45, 2.75) is 20.0 Å². The summed E-state index contributed by atoms with van der Waals surface area (Å²) in [4.78, 5) is 17.2. The van der Waals surface area contributed by atoms with Crippen molar-refractivity contribution in [1.29, 1.82) is 0 Å². The second-order valence-corrected chi connectivity index (χ2v) is 7.46. The van der Waals surface area contributed by atoms with Gasteiger partial charge in [0.2, 0.25) is 0 Å². The van der Waals surface area contributed by atoms with E-state index in [0.717, 1.165) is 23.9 Å². The third-order valence-electron chi connectivity index (χ3n) is 3.30. The van der Waals surface area contributed by atoms with E-state index in [1.165, 1.54) is 6.07 Å². The minimum Gasteiger partial charge on any atom is -0.458 e. The Morgan fingerprint density at radius 3 is 2.48 bits per heavy atom. The fraction of sp³-hybridized carbons (Fsp3) is 0.263. The molecule has 0 heterocycles.